The van der Waals surface area contributed by atoms with Gasteiger partial charge >= 0.3 is 5.97 Å². The molecule has 0 saturated carbocycles. The minimum Gasteiger partial charge on any atom is -0.476 e. The van der Waals surface area contributed by atoms with E-state index in [2.05, 4.69) is 16.8 Å². The van der Waals surface area contributed by atoms with Gasteiger partial charge in [-0.1, -0.05) is 19.4 Å². The zero-order valence-electron chi connectivity index (χ0n) is 13.2. The predicted octanol–water partition coefficient (Wildman–Crippen LogP) is 3.11. The van der Waals surface area contributed by atoms with Crippen molar-refractivity contribution in [2.75, 3.05) is 6.54 Å². The smallest absolute Gasteiger partial charge is 0.356 e. The Bertz CT molecular complexity index is 693. The predicted molar refractivity (Wildman–Crippen MR) is 85.2 cm³/mol. The van der Waals surface area contributed by atoms with Gasteiger partial charge in [0, 0.05) is 18.8 Å². The highest BCUT2D eigenvalue weighted by molar-refractivity contribution is 5.88. The molecule has 0 radical (unpaired) electrons. The van der Waals surface area contributed by atoms with Crippen LogP contribution in [0.1, 0.15) is 54.4 Å². The van der Waals surface area contributed by atoms with E-state index in [4.69, 9.17) is 0 Å². The zero-order chi connectivity index (χ0) is 15.7. The Morgan fingerprint density at radius 2 is 2.23 bits per heavy atom. The van der Waals surface area contributed by atoms with Crippen molar-refractivity contribution in [3.63, 3.8) is 0 Å². The Morgan fingerprint density at radius 3 is 2.95 bits per heavy atom. The van der Waals surface area contributed by atoms with Crippen LogP contribution in [0.4, 0.5) is 0 Å². The number of carboxylic acids is 1. The van der Waals surface area contributed by atoms with Crippen LogP contribution in [0.5, 0.6) is 0 Å². The van der Waals surface area contributed by atoms with Crippen LogP contribution in [0.3, 0.4) is 0 Å². The van der Waals surface area contributed by atoms with Gasteiger partial charge in [0.05, 0.1) is 5.69 Å². The molecule has 0 bridgehead atoms. The van der Waals surface area contributed by atoms with Crippen molar-refractivity contribution in [3.8, 4) is 0 Å². The van der Waals surface area contributed by atoms with Crippen molar-refractivity contribution in [3.05, 3.63) is 35.3 Å². The number of pyridine rings is 1. The standard InChI is InChI=1S/C17H23N3O2/c1-3-13-6-4-5-9-19(13)11-14-16(17(21)22)18-15-8-7-12(2)10-20(14)15/h7-8,10,13H,3-6,9,11H2,1-2H3,(H,21,22). The van der Waals surface area contributed by atoms with E-state index in [0.717, 1.165) is 24.2 Å². The van der Waals surface area contributed by atoms with Gasteiger partial charge in [0.15, 0.2) is 5.69 Å². The van der Waals surface area contributed by atoms with Gasteiger partial charge in [-0.25, -0.2) is 9.78 Å². The van der Waals surface area contributed by atoms with E-state index in [1.807, 2.05) is 29.7 Å². The molecule has 1 aliphatic heterocycles. The summed E-state index contributed by atoms with van der Waals surface area (Å²) in [5, 5.41) is 9.49. The molecule has 1 aliphatic rings. The van der Waals surface area contributed by atoms with Gasteiger partial charge in [-0.3, -0.25) is 4.90 Å². The number of piperidine rings is 1. The fourth-order valence-electron chi connectivity index (χ4n) is 3.44. The molecule has 0 spiro atoms. The molecule has 2 aromatic heterocycles. The van der Waals surface area contributed by atoms with Crippen molar-refractivity contribution >= 4 is 11.6 Å². The van der Waals surface area contributed by atoms with Gasteiger partial charge in [0.1, 0.15) is 5.65 Å². The number of aromatic nitrogens is 2. The first-order chi connectivity index (χ1) is 10.6. The van der Waals surface area contributed by atoms with E-state index < -0.39 is 5.97 Å². The lowest BCUT2D eigenvalue weighted by Crippen LogP contribution is -2.39. The Hall–Kier alpha value is -1.88. The molecule has 0 aromatic carbocycles. The number of carbonyl (C=O) groups is 1. The molecular formula is C17H23N3O2. The normalized spacial score (nSPS) is 19.6. The summed E-state index contributed by atoms with van der Waals surface area (Å²) in [5.41, 5.74) is 2.80. The molecule has 1 atom stereocenters. The Balaban J connectivity index is 2.02. The van der Waals surface area contributed by atoms with Gasteiger partial charge in [-0.2, -0.15) is 0 Å². The average Bonchev–Trinajstić information content (AvgIpc) is 2.86. The Morgan fingerprint density at radius 1 is 1.41 bits per heavy atom. The van der Waals surface area contributed by atoms with Gasteiger partial charge in [-0.15, -0.1) is 0 Å². The number of imidazole rings is 1. The van der Waals surface area contributed by atoms with Crippen LogP contribution in [-0.4, -0.2) is 37.9 Å². The van der Waals surface area contributed by atoms with E-state index >= 15 is 0 Å². The second-order valence-corrected chi connectivity index (χ2v) is 6.18. The maximum atomic E-state index is 11.6. The van der Waals surface area contributed by atoms with Gasteiger partial charge in [0.2, 0.25) is 0 Å². The summed E-state index contributed by atoms with van der Waals surface area (Å²) < 4.78 is 1.94. The highest BCUT2D eigenvalue weighted by Gasteiger charge is 2.25. The Labute approximate surface area is 130 Å². The largest absolute Gasteiger partial charge is 0.476 e. The fraction of sp³-hybridized carbons (Fsp3) is 0.529. The van der Waals surface area contributed by atoms with Gasteiger partial charge < -0.3 is 9.51 Å². The SMILES string of the molecule is CCC1CCCCN1Cc1c(C(=O)O)nc2ccc(C)cn12. The number of likely N-dealkylation sites (tertiary alicyclic amines) is 1. The van der Waals surface area contributed by atoms with Crippen LogP contribution in [0.2, 0.25) is 0 Å². The number of aryl methyl sites for hydroxylation is 1. The molecule has 1 fully saturated rings. The number of rotatable bonds is 4. The first-order valence-corrected chi connectivity index (χ1v) is 8.05. The van der Waals surface area contributed by atoms with E-state index in [1.54, 1.807) is 0 Å². The summed E-state index contributed by atoms with van der Waals surface area (Å²) in [4.78, 5) is 18.3. The molecule has 118 valence electrons. The van der Waals surface area contributed by atoms with Crippen LogP contribution in [0.15, 0.2) is 18.3 Å². The molecule has 2 aromatic rings. The molecule has 0 amide bonds. The monoisotopic (exact) mass is 301 g/mol. The molecule has 1 unspecified atom stereocenters. The lowest BCUT2D eigenvalue weighted by molar-refractivity contribution is 0.0685. The molecule has 0 aliphatic carbocycles. The molecule has 5 nitrogen and oxygen atoms in total. The van der Waals surface area contributed by atoms with Crippen molar-refractivity contribution in [2.45, 2.75) is 52.1 Å². The fourth-order valence-corrected chi connectivity index (χ4v) is 3.44. The van der Waals surface area contributed by atoms with Crippen LogP contribution in [0.25, 0.3) is 5.65 Å². The third-order valence-electron chi connectivity index (χ3n) is 4.64. The van der Waals surface area contributed by atoms with Crippen LogP contribution < -0.4 is 0 Å². The molecule has 5 heteroatoms. The van der Waals surface area contributed by atoms with Crippen molar-refractivity contribution in [1.29, 1.82) is 0 Å². The van der Waals surface area contributed by atoms with E-state index in [1.165, 1.54) is 19.3 Å². The topological polar surface area (TPSA) is 57.8 Å². The second kappa shape index (κ2) is 6.08. The van der Waals surface area contributed by atoms with E-state index in [-0.39, 0.29) is 5.69 Å². The highest BCUT2D eigenvalue weighted by Crippen LogP contribution is 2.24. The summed E-state index contributed by atoms with van der Waals surface area (Å²) in [6.07, 6.45) is 6.75. The molecule has 1 N–H and O–H groups in total. The molecule has 22 heavy (non-hydrogen) atoms. The number of nitrogens with zero attached hydrogens (tertiary/aromatic N) is 3. The molecule has 1 saturated heterocycles. The summed E-state index contributed by atoms with van der Waals surface area (Å²) in [7, 11) is 0. The lowest BCUT2D eigenvalue weighted by atomic mass is 10.00. The van der Waals surface area contributed by atoms with Crippen molar-refractivity contribution in [2.24, 2.45) is 0 Å². The summed E-state index contributed by atoms with van der Waals surface area (Å²) in [5.74, 6) is -0.943. The molecular weight excluding hydrogens is 278 g/mol. The van der Waals surface area contributed by atoms with Crippen LogP contribution in [0, 0.1) is 6.92 Å². The number of hydrogen-bond acceptors (Lipinski definition) is 3. The zero-order valence-corrected chi connectivity index (χ0v) is 13.2. The van der Waals surface area contributed by atoms with Crippen molar-refractivity contribution < 1.29 is 9.90 Å². The highest BCUT2D eigenvalue weighted by atomic mass is 16.4. The summed E-state index contributed by atoms with van der Waals surface area (Å²) in [6, 6.07) is 4.40. The average molecular weight is 301 g/mol. The summed E-state index contributed by atoms with van der Waals surface area (Å²) in [6.45, 7) is 5.92. The number of carboxylic acid groups (broad SMARTS) is 1. The maximum absolute atomic E-state index is 11.6. The first-order valence-electron chi connectivity index (χ1n) is 8.05. The number of fused-ring (bicyclic) bond motifs is 1. The second-order valence-electron chi connectivity index (χ2n) is 6.18. The minimum absolute atomic E-state index is 0.186. The van der Waals surface area contributed by atoms with Gasteiger partial charge in [0.25, 0.3) is 0 Å². The van der Waals surface area contributed by atoms with Gasteiger partial charge in [-0.05, 0) is 44.4 Å². The third-order valence-corrected chi connectivity index (χ3v) is 4.64. The van der Waals surface area contributed by atoms with Crippen molar-refractivity contribution in [1.82, 2.24) is 14.3 Å². The minimum atomic E-state index is -0.943. The van der Waals surface area contributed by atoms with E-state index in [0.29, 0.717) is 18.2 Å². The van der Waals surface area contributed by atoms with Crippen LogP contribution >= 0.6 is 0 Å². The first kappa shape index (κ1) is 15.0. The maximum Gasteiger partial charge on any atom is 0.356 e. The Kier molecular flexibility index (Phi) is 4.16. The van der Waals surface area contributed by atoms with Crippen LogP contribution in [-0.2, 0) is 6.54 Å². The number of hydrogen-bond donors (Lipinski definition) is 1. The number of aromatic carboxylic acids is 1. The molecule has 3 rings (SSSR count). The summed E-state index contributed by atoms with van der Waals surface area (Å²) >= 11 is 0. The molecule has 3 heterocycles. The van der Waals surface area contributed by atoms with E-state index in [9.17, 15) is 9.90 Å². The third kappa shape index (κ3) is 2.73. The lowest BCUT2D eigenvalue weighted by Gasteiger charge is -2.35. The quantitative estimate of drug-likeness (QED) is 0.942.